The fourth-order valence-corrected chi connectivity index (χ4v) is 3.03. The van der Waals surface area contributed by atoms with E-state index >= 15 is 0 Å². The molecule has 0 fully saturated rings. The Morgan fingerprint density at radius 2 is 1.47 bits per heavy atom. The van der Waals surface area contributed by atoms with Crippen molar-refractivity contribution < 1.29 is 14.3 Å². The Morgan fingerprint density at radius 3 is 2.12 bits per heavy atom. The van der Waals surface area contributed by atoms with Crippen LogP contribution < -0.4 is 15.4 Å². The number of anilines is 2. The van der Waals surface area contributed by atoms with E-state index in [0.29, 0.717) is 29.2 Å². The lowest BCUT2D eigenvalue weighted by Gasteiger charge is -2.07. The molecule has 0 unspecified atom stereocenters. The summed E-state index contributed by atoms with van der Waals surface area (Å²) in [6.07, 6.45) is 1.60. The van der Waals surface area contributed by atoms with E-state index in [9.17, 15) is 9.59 Å². The average Bonchev–Trinajstić information content (AvgIpc) is 3.29. The Labute approximate surface area is 184 Å². The minimum absolute atomic E-state index is 0.210. The zero-order valence-electron chi connectivity index (χ0n) is 17.4. The van der Waals surface area contributed by atoms with Crippen molar-refractivity contribution in [3.8, 4) is 5.75 Å². The van der Waals surface area contributed by atoms with Gasteiger partial charge in [-0.2, -0.15) is 0 Å². The van der Waals surface area contributed by atoms with Crippen molar-refractivity contribution in [2.75, 3.05) is 17.7 Å². The van der Waals surface area contributed by atoms with Gasteiger partial charge in [-0.15, -0.1) is 5.10 Å². The van der Waals surface area contributed by atoms with Crippen molar-refractivity contribution >= 4 is 23.2 Å². The molecule has 32 heavy (non-hydrogen) atoms. The van der Waals surface area contributed by atoms with Crippen LogP contribution >= 0.6 is 0 Å². The quantitative estimate of drug-likeness (QED) is 0.467. The highest BCUT2D eigenvalue weighted by Crippen LogP contribution is 2.17. The first kappa shape index (κ1) is 20.8. The average molecular weight is 427 g/mol. The fraction of sp³-hybridized carbons (Fsp3) is 0.0833. The number of amides is 2. The van der Waals surface area contributed by atoms with Gasteiger partial charge in [-0.1, -0.05) is 35.5 Å². The predicted octanol–water partition coefficient (Wildman–Crippen LogP) is 3.84. The minimum atomic E-state index is -0.375. The summed E-state index contributed by atoms with van der Waals surface area (Å²) in [6, 6.07) is 23.5. The molecule has 160 valence electrons. The van der Waals surface area contributed by atoms with Crippen molar-refractivity contribution in [3.63, 3.8) is 0 Å². The monoisotopic (exact) mass is 427 g/mol. The molecule has 0 aliphatic carbocycles. The molecule has 0 aliphatic rings. The summed E-state index contributed by atoms with van der Waals surface area (Å²) < 4.78 is 6.71. The van der Waals surface area contributed by atoms with Gasteiger partial charge in [0.25, 0.3) is 11.8 Å². The molecule has 0 aliphatic heterocycles. The molecule has 8 nitrogen and oxygen atoms in total. The molecule has 2 N–H and O–H groups in total. The van der Waals surface area contributed by atoms with Crippen LogP contribution in [0.15, 0.2) is 85.1 Å². The van der Waals surface area contributed by atoms with Gasteiger partial charge in [0.2, 0.25) is 0 Å². The number of ether oxygens (including phenoxy) is 1. The minimum Gasteiger partial charge on any atom is -0.497 e. The summed E-state index contributed by atoms with van der Waals surface area (Å²) >= 11 is 0. The number of benzene rings is 3. The Bertz CT molecular complexity index is 1200. The number of hydrogen-bond donors (Lipinski definition) is 2. The van der Waals surface area contributed by atoms with E-state index < -0.39 is 0 Å². The molecular formula is C24H21N5O3. The maximum Gasteiger partial charge on any atom is 0.277 e. The number of carbonyl (C=O) groups is 2. The SMILES string of the molecule is COc1ccc(NC(=O)c2ccc(NC(=O)c3cn(Cc4ccccc4)nn3)cc2)cc1. The number of carbonyl (C=O) groups excluding carboxylic acids is 2. The van der Waals surface area contributed by atoms with E-state index in [1.807, 2.05) is 30.3 Å². The standard InChI is InChI=1S/C24H21N5O3/c1-32-21-13-11-20(12-14-21)25-23(30)18-7-9-19(10-8-18)26-24(31)22-16-29(28-27-22)15-17-5-3-2-4-6-17/h2-14,16H,15H2,1H3,(H,25,30)(H,26,31). The van der Waals surface area contributed by atoms with E-state index in [1.54, 1.807) is 66.5 Å². The van der Waals surface area contributed by atoms with Gasteiger partial charge in [0.1, 0.15) is 5.75 Å². The molecule has 1 aromatic heterocycles. The molecule has 4 rings (SSSR count). The first-order valence-corrected chi connectivity index (χ1v) is 9.91. The Morgan fingerprint density at radius 1 is 0.844 bits per heavy atom. The molecule has 3 aromatic carbocycles. The van der Waals surface area contributed by atoms with Crippen LogP contribution in [0.2, 0.25) is 0 Å². The zero-order chi connectivity index (χ0) is 22.3. The molecule has 0 spiro atoms. The second-order valence-corrected chi connectivity index (χ2v) is 7.00. The van der Waals surface area contributed by atoms with Gasteiger partial charge < -0.3 is 15.4 Å². The van der Waals surface area contributed by atoms with E-state index in [0.717, 1.165) is 5.56 Å². The lowest BCUT2D eigenvalue weighted by atomic mass is 10.2. The number of rotatable bonds is 7. The summed E-state index contributed by atoms with van der Waals surface area (Å²) in [5.74, 6) is 0.0832. The van der Waals surface area contributed by atoms with Crippen LogP contribution in [0.3, 0.4) is 0 Å². The molecule has 2 amide bonds. The van der Waals surface area contributed by atoms with E-state index in [1.165, 1.54) is 0 Å². The molecule has 8 heteroatoms. The van der Waals surface area contributed by atoms with E-state index in [-0.39, 0.29) is 17.5 Å². The van der Waals surface area contributed by atoms with Crippen LogP contribution in [-0.4, -0.2) is 33.9 Å². The van der Waals surface area contributed by atoms with Gasteiger partial charge in [-0.3, -0.25) is 9.59 Å². The highest BCUT2D eigenvalue weighted by molar-refractivity contribution is 6.05. The summed E-state index contributed by atoms with van der Waals surface area (Å²) in [7, 11) is 1.58. The molecule has 4 aromatic rings. The number of methoxy groups -OCH3 is 1. The first-order valence-electron chi connectivity index (χ1n) is 9.91. The van der Waals surface area contributed by atoms with E-state index in [2.05, 4.69) is 20.9 Å². The van der Waals surface area contributed by atoms with Crippen LogP contribution in [0.25, 0.3) is 0 Å². The Hall–Kier alpha value is -4.46. The third kappa shape index (κ3) is 5.17. The van der Waals surface area contributed by atoms with Crippen LogP contribution in [0.4, 0.5) is 11.4 Å². The molecule has 0 radical (unpaired) electrons. The van der Waals surface area contributed by atoms with Gasteiger partial charge in [0, 0.05) is 16.9 Å². The third-order valence-electron chi connectivity index (χ3n) is 4.71. The Balaban J connectivity index is 1.34. The number of nitrogens with zero attached hydrogens (tertiary/aromatic N) is 3. The van der Waals surface area contributed by atoms with Crippen LogP contribution in [-0.2, 0) is 6.54 Å². The van der Waals surface area contributed by atoms with Gasteiger partial charge >= 0.3 is 0 Å². The predicted molar refractivity (Wildman–Crippen MR) is 121 cm³/mol. The maximum absolute atomic E-state index is 12.5. The third-order valence-corrected chi connectivity index (χ3v) is 4.71. The van der Waals surface area contributed by atoms with Gasteiger partial charge in [0.15, 0.2) is 5.69 Å². The lowest BCUT2D eigenvalue weighted by molar-refractivity contribution is 0.101. The topological polar surface area (TPSA) is 98.1 Å². The normalized spacial score (nSPS) is 10.4. The molecular weight excluding hydrogens is 406 g/mol. The smallest absolute Gasteiger partial charge is 0.277 e. The van der Waals surface area contributed by atoms with Crippen LogP contribution in [0.5, 0.6) is 5.75 Å². The molecule has 0 saturated carbocycles. The van der Waals surface area contributed by atoms with Gasteiger partial charge in [-0.05, 0) is 54.1 Å². The summed E-state index contributed by atoms with van der Waals surface area (Å²) in [5, 5.41) is 13.5. The lowest BCUT2D eigenvalue weighted by Crippen LogP contribution is -2.14. The highest BCUT2D eigenvalue weighted by atomic mass is 16.5. The van der Waals surface area contributed by atoms with Crippen LogP contribution in [0, 0.1) is 0 Å². The maximum atomic E-state index is 12.5. The molecule has 1 heterocycles. The van der Waals surface area contributed by atoms with Crippen molar-refractivity contribution in [1.82, 2.24) is 15.0 Å². The van der Waals surface area contributed by atoms with Crippen molar-refractivity contribution in [2.24, 2.45) is 0 Å². The number of hydrogen-bond acceptors (Lipinski definition) is 5. The van der Waals surface area contributed by atoms with Crippen LogP contribution in [0.1, 0.15) is 26.4 Å². The summed E-state index contributed by atoms with van der Waals surface area (Å²) in [5.41, 5.74) is 2.95. The van der Waals surface area contributed by atoms with Crippen molar-refractivity contribution in [1.29, 1.82) is 0 Å². The highest BCUT2D eigenvalue weighted by Gasteiger charge is 2.12. The molecule has 0 atom stereocenters. The summed E-state index contributed by atoms with van der Waals surface area (Å²) in [6.45, 7) is 0.527. The van der Waals surface area contributed by atoms with Crippen molar-refractivity contribution in [3.05, 3.63) is 102 Å². The fourth-order valence-electron chi connectivity index (χ4n) is 3.03. The number of nitrogens with one attached hydrogen (secondary N) is 2. The first-order chi connectivity index (χ1) is 15.6. The molecule has 0 saturated heterocycles. The number of aromatic nitrogens is 3. The second kappa shape index (κ2) is 9.57. The largest absolute Gasteiger partial charge is 0.497 e. The zero-order valence-corrected chi connectivity index (χ0v) is 17.4. The molecule has 0 bridgehead atoms. The second-order valence-electron chi connectivity index (χ2n) is 7.00. The summed E-state index contributed by atoms with van der Waals surface area (Å²) in [4.78, 5) is 24.9. The van der Waals surface area contributed by atoms with Gasteiger partial charge in [0.05, 0.1) is 19.9 Å². The van der Waals surface area contributed by atoms with E-state index in [4.69, 9.17) is 4.74 Å². The van der Waals surface area contributed by atoms with Crippen molar-refractivity contribution in [2.45, 2.75) is 6.54 Å². The Kier molecular flexibility index (Phi) is 6.22. The van der Waals surface area contributed by atoms with Gasteiger partial charge in [-0.25, -0.2) is 4.68 Å².